The molecule has 2 fully saturated rings. The van der Waals surface area contributed by atoms with E-state index in [0.717, 1.165) is 31.6 Å². The van der Waals surface area contributed by atoms with Gasteiger partial charge in [-0.15, -0.1) is 10.2 Å². The van der Waals surface area contributed by atoms with E-state index in [9.17, 15) is 21.6 Å². The highest BCUT2D eigenvalue weighted by Gasteiger charge is 2.41. The molecule has 2 aromatic rings. The fourth-order valence-corrected chi connectivity index (χ4v) is 5.36. The second kappa shape index (κ2) is 7.24. The van der Waals surface area contributed by atoms with Crippen molar-refractivity contribution in [3.05, 3.63) is 17.7 Å². The van der Waals surface area contributed by atoms with Gasteiger partial charge >= 0.3 is 6.18 Å². The number of halogens is 3. The first-order chi connectivity index (χ1) is 13.7. The lowest BCUT2D eigenvalue weighted by atomic mass is 9.87. The second-order valence-electron chi connectivity index (χ2n) is 7.39. The molecule has 2 aliphatic rings. The number of aromatic amines is 1. The molecule has 2 atom stereocenters. The summed E-state index contributed by atoms with van der Waals surface area (Å²) in [5, 5.41) is 13.2. The number of benzene rings is 1. The number of hydrogen-bond acceptors (Lipinski definition) is 7. The molecule has 2 saturated heterocycles. The summed E-state index contributed by atoms with van der Waals surface area (Å²) in [5.74, 6) is 0.204. The molecule has 1 N–H and O–H groups in total. The lowest BCUT2D eigenvalue weighted by Crippen LogP contribution is -2.47. The highest BCUT2D eigenvalue weighted by Crippen LogP contribution is 2.44. The van der Waals surface area contributed by atoms with Gasteiger partial charge in [-0.05, 0) is 42.5 Å². The van der Waals surface area contributed by atoms with Crippen molar-refractivity contribution in [3.8, 4) is 11.4 Å². The van der Waals surface area contributed by atoms with Crippen LogP contribution < -0.4 is 4.90 Å². The molecule has 0 bridgehead atoms. The number of ether oxygens (including phenoxy) is 1. The molecule has 1 aromatic heterocycles. The van der Waals surface area contributed by atoms with Gasteiger partial charge in [0.15, 0.2) is 9.84 Å². The van der Waals surface area contributed by atoms with Crippen molar-refractivity contribution in [3.63, 3.8) is 0 Å². The molecule has 0 spiro atoms. The predicted octanol–water partition coefficient (Wildman–Crippen LogP) is 2.29. The summed E-state index contributed by atoms with van der Waals surface area (Å²) in [6.07, 6.45) is -1.28. The number of sulfone groups is 1. The summed E-state index contributed by atoms with van der Waals surface area (Å²) in [6, 6.07) is 2.09. The van der Waals surface area contributed by atoms with Crippen LogP contribution in [0.4, 0.5) is 18.9 Å². The Labute approximate surface area is 165 Å². The zero-order valence-electron chi connectivity index (χ0n) is 15.6. The topological polar surface area (TPSA) is 101 Å². The first kappa shape index (κ1) is 20.1. The number of aromatic nitrogens is 4. The molecule has 3 heterocycles. The van der Waals surface area contributed by atoms with Gasteiger partial charge in [-0.1, -0.05) is 0 Å². The van der Waals surface area contributed by atoms with Crippen LogP contribution in [0.15, 0.2) is 17.0 Å². The third-order valence-electron chi connectivity index (χ3n) is 5.47. The number of rotatable bonds is 3. The average molecular weight is 431 g/mol. The third-order valence-corrected chi connectivity index (χ3v) is 6.63. The van der Waals surface area contributed by atoms with E-state index in [1.165, 1.54) is 6.07 Å². The molecule has 0 radical (unpaired) electrons. The van der Waals surface area contributed by atoms with Crippen LogP contribution in [0.25, 0.3) is 11.4 Å². The van der Waals surface area contributed by atoms with Crippen molar-refractivity contribution < 1.29 is 26.3 Å². The molecule has 0 aliphatic carbocycles. The van der Waals surface area contributed by atoms with Crippen LogP contribution >= 0.6 is 0 Å². The summed E-state index contributed by atoms with van der Waals surface area (Å²) in [5.41, 5.74) is -1.11. The number of nitrogens with zero attached hydrogens (tertiary/aromatic N) is 4. The Morgan fingerprint density at radius 3 is 2.72 bits per heavy atom. The first-order valence-corrected chi connectivity index (χ1v) is 11.1. The van der Waals surface area contributed by atoms with Crippen LogP contribution in [0.5, 0.6) is 0 Å². The molecular weight excluding hydrogens is 411 g/mol. The fourth-order valence-electron chi connectivity index (χ4n) is 4.21. The molecular formula is C17H20F3N5O3S. The van der Waals surface area contributed by atoms with E-state index in [1.807, 2.05) is 4.90 Å². The Morgan fingerprint density at radius 1 is 1.28 bits per heavy atom. The molecule has 0 amide bonds. The van der Waals surface area contributed by atoms with E-state index in [2.05, 4.69) is 20.6 Å². The van der Waals surface area contributed by atoms with Crippen LogP contribution in [0.1, 0.15) is 24.8 Å². The second-order valence-corrected chi connectivity index (χ2v) is 9.34. The van der Waals surface area contributed by atoms with Crippen molar-refractivity contribution in [2.75, 3.05) is 30.9 Å². The van der Waals surface area contributed by atoms with Crippen molar-refractivity contribution in [1.29, 1.82) is 0 Å². The number of hydrogen-bond donors (Lipinski definition) is 1. The number of nitrogens with one attached hydrogen (secondary N) is 1. The van der Waals surface area contributed by atoms with Gasteiger partial charge in [0, 0.05) is 31.6 Å². The van der Waals surface area contributed by atoms with Crippen LogP contribution in [0.3, 0.4) is 0 Å². The Kier molecular flexibility index (Phi) is 5.01. The van der Waals surface area contributed by atoms with Gasteiger partial charge in [-0.3, -0.25) is 0 Å². The summed E-state index contributed by atoms with van der Waals surface area (Å²) in [6.45, 7) is 1.68. The number of H-pyrrole nitrogens is 1. The molecule has 4 rings (SSSR count). The molecule has 29 heavy (non-hydrogen) atoms. The van der Waals surface area contributed by atoms with E-state index in [0.29, 0.717) is 31.3 Å². The first-order valence-electron chi connectivity index (χ1n) is 9.21. The van der Waals surface area contributed by atoms with Crippen LogP contribution in [0, 0.1) is 5.92 Å². The SMILES string of the molecule is CS(=O)(=O)c1c(C(F)(F)F)ccc(N2CC[C@H]3CCCO[C@@H]3C2)c1-c1nn[nH]n1. The zero-order chi connectivity index (χ0) is 20.8. The van der Waals surface area contributed by atoms with Gasteiger partial charge in [0.25, 0.3) is 0 Å². The monoisotopic (exact) mass is 431 g/mol. The van der Waals surface area contributed by atoms with Crippen molar-refractivity contribution in [1.82, 2.24) is 20.6 Å². The van der Waals surface area contributed by atoms with Crippen LogP contribution in [0.2, 0.25) is 0 Å². The van der Waals surface area contributed by atoms with E-state index in [-0.39, 0.29) is 17.5 Å². The maximum Gasteiger partial charge on any atom is 0.417 e. The van der Waals surface area contributed by atoms with Gasteiger partial charge in [-0.25, -0.2) is 8.42 Å². The minimum Gasteiger partial charge on any atom is -0.376 e. The maximum atomic E-state index is 13.6. The molecule has 0 unspecified atom stereocenters. The Morgan fingerprint density at radius 2 is 2.07 bits per heavy atom. The maximum absolute atomic E-state index is 13.6. The van der Waals surface area contributed by atoms with Gasteiger partial charge in [0.1, 0.15) is 0 Å². The van der Waals surface area contributed by atoms with Crippen molar-refractivity contribution >= 4 is 15.5 Å². The van der Waals surface area contributed by atoms with Crippen molar-refractivity contribution in [2.45, 2.75) is 36.4 Å². The lowest BCUT2D eigenvalue weighted by molar-refractivity contribution is -0.139. The van der Waals surface area contributed by atoms with Gasteiger partial charge in [0.05, 0.1) is 22.1 Å². The Hall–Kier alpha value is -2.21. The van der Waals surface area contributed by atoms with Crippen molar-refractivity contribution in [2.24, 2.45) is 5.92 Å². The summed E-state index contributed by atoms with van der Waals surface area (Å²) in [7, 11) is -4.26. The number of fused-ring (bicyclic) bond motifs is 1. The Bertz CT molecular complexity index is 994. The summed E-state index contributed by atoms with van der Waals surface area (Å²) < 4.78 is 71.6. The summed E-state index contributed by atoms with van der Waals surface area (Å²) >= 11 is 0. The Balaban J connectivity index is 1.89. The smallest absolute Gasteiger partial charge is 0.376 e. The fraction of sp³-hybridized carbons (Fsp3) is 0.588. The number of alkyl halides is 3. The largest absolute Gasteiger partial charge is 0.417 e. The highest BCUT2D eigenvalue weighted by molar-refractivity contribution is 7.91. The van der Waals surface area contributed by atoms with Gasteiger partial charge < -0.3 is 9.64 Å². The van der Waals surface area contributed by atoms with Gasteiger partial charge in [-0.2, -0.15) is 18.4 Å². The normalized spacial score (nSPS) is 23.1. The number of piperidine rings is 1. The quantitative estimate of drug-likeness (QED) is 0.796. The van der Waals surface area contributed by atoms with Crippen LogP contribution in [-0.4, -0.2) is 61.1 Å². The molecule has 2 aliphatic heterocycles. The van der Waals surface area contributed by atoms with E-state index in [4.69, 9.17) is 4.74 Å². The highest BCUT2D eigenvalue weighted by atomic mass is 32.2. The molecule has 158 valence electrons. The standard InChI is InChI=1S/C17H20F3N5O3S/c1-29(26,27)15-11(17(18,19)20)4-5-12(14(15)16-21-23-24-22-16)25-7-6-10-3-2-8-28-13(10)9-25/h4-5,10,13H,2-3,6-9H2,1H3,(H,21,22,23,24)/t10-,13-/m1/s1. The molecule has 12 heteroatoms. The molecule has 0 saturated carbocycles. The average Bonchev–Trinajstić information content (AvgIpc) is 3.19. The van der Waals surface area contributed by atoms with Crippen LogP contribution in [-0.2, 0) is 20.8 Å². The summed E-state index contributed by atoms with van der Waals surface area (Å²) in [4.78, 5) is 1.02. The zero-order valence-corrected chi connectivity index (χ0v) is 16.4. The predicted molar refractivity (Wildman–Crippen MR) is 97.0 cm³/mol. The molecule has 1 aromatic carbocycles. The lowest BCUT2D eigenvalue weighted by Gasteiger charge is -2.42. The van der Waals surface area contributed by atoms with E-state index < -0.39 is 26.5 Å². The minimum atomic E-state index is -4.85. The minimum absolute atomic E-state index is 0.0420. The molecule has 8 nitrogen and oxygen atoms in total. The third kappa shape index (κ3) is 3.82. The van der Waals surface area contributed by atoms with Gasteiger partial charge in [0.2, 0.25) is 5.82 Å². The van der Waals surface area contributed by atoms with E-state index in [1.54, 1.807) is 0 Å². The van der Waals surface area contributed by atoms with E-state index >= 15 is 0 Å². The number of anilines is 1. The number of tetrazole rings is 1.